The molecule has 0 fully saturated rings. The molecule has 0 aliphatic carbocycles. The summed E-state index contributed by atoms with van der Waals surface area (Å²) in [5, 5.41) is 1.72. The summed E-state index contributed by atoms with van der Waals surface area (Å²) in [5.74, 6) is 0. The van der Waals surface area contributed by atoms with Gasteiger partial charge in [-0.2, -0.15) is 0 Å². The van der Waals surface area contributed by atoms with Crippen molar-refractivity contribution < 1.29 is 8.42 Å². The molecule has 90 valence electrons. The average molecular weight is 268 g/mol. The lowest BCUT2D eigenvalue weighted by Gasteiger charge is -2.07. The van der Waals surface area contributed by atoms with Crippen molar-refractivity contribution in [1.29, 1.82) is 0 Å². The molecule has 0 aliphatic rings. The average Bonchev–Trinajstić information content (AvgIpc) is 2.78. The summed E-state index contributed by atoms with van der Waals surface area (Å²) in [6.07, 6.45) is 0. The van der Waals surface area contributed by atoms with Crippen molar-refractivity contribution in [2.24, 2.45) is 5.73 Å². The Balaban J connectivity index is 2.32. The van der Waals surface area contributed by atoms with Crippen LogP contribution in [0.4, 0.5) is 5.69 Å². The number of nitrogens with two attached hydrogens (primary N) is 1. The smallest absolute Gasteiger partial charge is 0.263 e. The zero-order valence-electron chi connectivity index (χ0n) is 8.96. The number of hydrogen-bond donors (Lipinski definition) is 2. The molecule has 0 atom stereocenters. The van der Waals surface area contributed by atoms with Gasteiger partial charge in [-0.15, -0.1) is 11.3 Å². The molecular formula is C11H12N2O2S2. The van der Waals surface area contributed by atoms with E-state index in [0.29, 0.717) is 10.6 Å². The maximum Gasteiger partial charge on any atom is 0.263 e. The Bertz CT molecular complexity index is 591. The molecule has 0 saturated heterocycles. The van der Waals surface area contributed by atoms with Gasteiger partial charge in [0.2, 0.25) is 0 Å². The number of nitrogens with one attached hydrogen (secondary N) is 1. The van der Waals surface area contributed by atoms with Crippen molar-refractivity contribution in [3.63, 3.8) is 0 Å². The lowest BCUT2D eigenvalue weighted by Crippen LogP contribution is -2.14. The Morgan fingerprint density at radius 2 is 1.88 bits per heavy atom. The Labute approximate surface area is 104 Å². The van der Waals surface area contributed by atoms with Crippen molar-refractivity contribution >= 4 is 27.0 Å². The molecule has 0 saturated carbocycles. The monoisotopic (exact) mass is 268 g/mol. The molecule has 1 aromatic carbocycles. The maximum absolute atomic E-state index is 12.1. The highest BCUT2D eigenvalue weighted by atomic mass is 32.2. The van der Waals surface area contributed by atoms with Gasteiger partial charge in [0.1, 0.15) is 4.90 Å². The van der Waals surface area contributed by atoms with Gasteiger partial charge in [-0.25, -0.2) is 8.42 Å². The molecule has 1 aromatic heterocycles. The van der Waals surface area contributed by atoms with Crippen LogP contribution < -0.4 is 10.5 Å². The lowest BCUT2D eigenvalue weighted by atomic mass is 10.3. The van der Waals surface area contributed by atoms with Crippen molar-refractivity contribution in [2.75, 3.05) is 4.72 Å². The molecular weight excluding hydrogens is 256 g/mol. The van der Waals surface area contributed by atoms with Gasteiger partial charge >= 0.3 is 0 Å². The molecule has 0 bridgehead atoms. The molecule has 0 aliphatic heterocycles. The lowest BCUT2D eigenvalue weighted by molar-refractivity contribution is 0.600. The normalized spacial score (nSPS) is 11.4. The van der Waals surface area contributed by atoms with E-state index >= 15 is 0 Å². The van der Waals surface area contributed by atoms with E-state index in [0.717, 1.165) is 0 Å². The third-order valence-electron chi connectivity index (χ3n) is 2.21. The van der Waals surface area contributed by atoms with Crippen molar-refractivity contribution in [2.45, 2.75) is 11.4 Å². The first-order valence-electron chi connectivity index (χ1n) is 4.98. The first-order chi connectivity index (χ1) is 8.13. The zero-order chi connectivity index (χ0) is 12.3. The number of hydrogen-bond acceptors (Lipinski definition) is 4. The van der Waals surface area contributed by atoms with Crippen LogP contribution in [0, 0.1) is 0 Å². The highest BCUT2D eigenvalue weighted by Gasteiger charge is 2.18. The molecule has 4 nitrogen and oxygen atoms in total. The fourth-order valence-electron chi connectivity index (χ4n) is 1.43. The number of thiophene rings is 1. The number of sulfonamides is 1. The van der Waals surface area contributed by atoms with E-state index in [4.69, 9.17) is 5.73 Å². The predicted octanol–water partition coefficient (Wildman–Crippen LogP) is 2.01. The van der Waals surface area contributed by atoms with Gasteiger partial charge < -0.3 is 5.73 Å². The summed E-state index contributed by atoms with van der Waals surface area (Å²) in [4.78, 5) is 0.919. The van der Waals surface area contributed by atoms with E-state index in [1.54, 1.807) is 35.7 Å². The van der Waals surface area contributed by atoms with E-state index in [1.807, 2.05) is 6.07 Å². The summed E-state index contributed by atoms with van der Waals surface area (Å²) in [6, 6.07) is 10.3. The van der Waals surface area contributed by atoms with Crippen LogP contribution in [-0.2, 0) is 16.6 Å². The minimum Gasteiger partial charge on any atom is -0.326 e. The molecule has 0 spiro atoms. The summed E-state index contributed by atoms with van der Waals surface area (Å²) in [7, 11) is -3.53. The largest absolute Gasteiger partial charge is 0.326 e. The van der Waals surface area contributed by atoms with Crippen LogP contribution >= 0.6 is 11.3 Å². The molecule has 17 heavy (non-hydrogen) atoms. The maximum atomic E-state index is 12.1. The zero-order valence-corrected chi connectivity index (χ0v) is 10.6. The second kappa shape index (κ2) is 4.87. The number of rotatable bonds is 4. The predicted molar refractivity (Wildman–Crippen MR) is 69.5 cm³/mol. The second-order valence-corrected chi connectivity index (χ2v) is 6.04. The van der Waals surface area contributed by atoms with Crippen molar-refractivity contribution in [3.8, 4) is 0 Å². The second-order valence-electron chi connectivity index (χ2n) is 3.38. The van der Waals surface area contributed by atoms with Crippen molar-refractivity contribution in [3.05, 3.63) is 46.7 Å². The topological polar surface area (TPSA) is 72.2 Å². The standard InChI is InChI=1S/C11H12N2O2S2/c12-8-10-11(6-7-16-10)17(14,15)13-9-4-2-1-3-5-9/h1-7,13H,8,12H2. The molecule has 6 heteroatoms. The van der Waals surface area contributed by atoms with E-state index in [-0.39, 0.29) is 11.4 Å². The van der Waals surface area contributed by atoms with Crippen LogP contribution in [-0.4, -0.2) is 8.42 Å². The minimum absolute atomic E-state index is 0.225. The molecule has 1 heterocycles. The van der Waals surface area contributed by atoms with Crippen LogP contribution in [0.3, 0.4) is 0 Å². The van der Waals surface area contributed by atoms with Crippen LogP contribution in [0.5, 0.6) is 0 Å². The minimum atomic E-state index is -3.53. The van der Waals surface area contributed by atoms with E-state index < -0.39 is 10.0 Å². The molecule has 3 N–H and O–H groups in total. The molecule has 0 radical (unpaired) electrons. The molecule has 2 aromatic rings. The Morgan fingerprint density at radius 3 is 2.53 bits per heavy atom. The quantitative estimate of drug-likeness (QED) is 0.891. The van der Waals surface area contributed by atoms with Crippen LogP contribution in [0.15, 0.2) is 46.7 Å². The van der Waals surface area contributed by atoms with Gasteiger partial charge in [0.25, 0.3) is 10.0 Å². The molecule has 2 rings (SSSR count). The number of benzene rings is 1. The summed E-state index contributed by atoms with van der Waals surface area (Å²) >= 11 is 1.34. The summed E-state index contributed by atoms with van der Waals surface area (Å²) in [6.45, 7) is 0.225. The van der Waals surface area contributed by atoms with Crippen molar-refractivity contribution in [1.82, 2.24) is 0 Å². The van der Waals surface area contributed by atoms with Gasteiger partial charge in [0, 0.05) is 17.1 Å². The molecule has 0 amide bonds. The van der Waals surface area contributed by atoms with Gasteiger partial charge in [0.05, 0.1) is 0 Å². The van der Waals surface area contributed by atoms with Crippen LogP contribution in [0.2, 0.25) is 0 Å². The highest BCUT2D eigenvalue weighted by Crippen LogP contribution is 2.23. The van der Waals surface area contributed by atoms with Crippen LogP contribution in [0.1, 0.15) is 4.88 Å². The summed E-state index contributed by atoms with van der Waals surface area (Å²) in [5.41, 5.74) is 6.05. The Hall–Kier alpha value is -1.37. The highest BCUT2D eigenvalue weighted by molar-refractivity contribution is 7.93. The SMILES string of the molecule is NCc1sccc1S(=O)(=O)Nc1ccccc1. The molecule has 0 unspecified atom stereocenters. The van der Waals surface area contributed by atoms with Gasteiger partial charge in [-0.3, -0.25) is 4.72 Å². The van der Waals surface area contributed by atoms with Crippen LogP contribution in [0.25, 0.3) is 0 Å². The van der Waals surface area contributed by atoms with E-state index in [1.165, 1.54) is 11.3 Å². The van der Waals surface area contributed by atoms with Gasteiger partial charge in [0.15, 0.2) is 0 Å². The fourth-order valence-corrected chi connectivity index (χ4v) is 3.83. The van der Waals surface area contributed by atoms with E-state index in [9.17, 15) is 8.42 Å². The first kappa shape index (κ1) is 12.1. The third kappa shape index (κ3) is 2.66. The summed E-state index contributed by atoms with van der Waals surface area (Å²) < 4.78 is 26.7. The van der Waals surface area contributed by atoms with Gasteiger partial charge in [-0.05, 0) is 23.6 Å². The first-order valence-corrected chi connectivity index (χ1v) is 7.34. The third-order valence-corrected chi connectivity index (χ3v) is 4.74. The Morgan fingerprint density at radius 1 is 1.18 bits per heavy atom. The number of anilines is 1. The van der Waals surface area contributed by atoms with Gasteiger partial charge in [-0.1, -0.05) is 18.2 Å². The fraction of sp³-hybridized carbons (Fsp3) is 0.0909. The van der Waals surface area contributed by atoms with E-state index in [2.05, 4.69) is 4.72 Å². The number of para-hydroxylation sites is 1. The Kier molecular flexibility index (Phi) is 3.46.